The van der Waals surface area contributed by atoms with Crippen LogP contribution < -0.4 is 5.32 Å². The fourth-order valence-corrected chi connectivity index (χ4v) is 3.35. The normalized spacial score (nSPS) is 12.2. The standard InChI is InChI=1S/C17H19ClN2O3S/c1-10(2)17-19-11(9-24-17)7-15(21)20-14(8-16(22)23)12-5-3-4-6-13(12)18/h3-6,9-10,14H,7-8H2,1-2H3,(H,20,21)(H,22,23). The summed E-state index contributed by atoms with van der Waals surface area (Å²) in [6.45, 7) is 4.09. The number of hydrogen-bond donors (Lipinski definition) is 2. The van der Waals surface area contributed by atoms with Crippen molar-refractivity contribution in [2.24, 2.45) is 0 Å². The second kappa shape index (κ2) is 8.26. The molecule has 0 radical (unpaired) electrons. The van der Waals surface area contributed by atoms with Crippen molar-refractivity contribution >= 4 is 34.8 Å². The maximum Gasteiger partial charge on any atom is 0.305 e. The van der Waals surface area contributed by atoms with E-state index in [-0.39, 0.29) is 18.7 Å². The average molecular weight is 367 g/mol. The van der Waals surface area contributed by atoms with Gasteiger partial charge < -0.3 is 10.4 Å². The molecule has 0 saturated heterocycles. The van der Waals surface area contributed by atoms with Gasteiger partial charge in [0.05, 0.1) is 29.6 Å². The van der Waals surface area contributed by atoms with Gasteiger partial charge in [0.15, 0.2) is 0 Å². The number of benzene rings is 1. The molecule has 0 bridgehead atoms. The number of carbonyl (C=O) groups excluding carboxylic acids is 1. The summed E-state index contributed by atoms with van der Waals surface area (Å²) in [5.41, 5.74) is 1.28. The Balaban J connectivity index is 2.09. The first-order valence-corrected chi connectivity index (χ1v) is 8.82. The quantitative estimate of drug-likeness (QED) is 0.781. The van der Waals surface area contributed by atoms with Gasteiger partial charge in [-0.25, -0.2) is 4.98 Å². The fraction of sp³-hybridized carbons (Fsp3) is 0.353. The molecule has 5 nitrogen and oxygen atoms in total. The van der Waals surface area contributed by atoms with E-state index < -0.39 is 12.0 Å². The molecular weight excluding hydrogens is 348 g/mol. The number of carboxylic acid groups (broad SMARTS) is 1. The molecule has 2 aromatic rings. The molecule has 2 rings (SSSR count). The topological polar surface area (TPSA) is 79.3 Å². The summed E-state index contributed by atoms with van der Waals surface area (Å²) in [6, 6.07) is 6.24. The van der Waals surface area contributed by atoms with Crippen LogP contribution in [-0.4, -0.2) is 22.0 Å². The highest BCUT2D eigenvalue weighted by molar-refractivity contribution is 7.09. The number of nitrogens with zero attached hydrogens (tertiary/aromatic N) is 1. The van der Waals surface area contributed by atoms with Crippen LogP contribution in [0.3, 0.4) is 0 Å². The van der Waals surface area contributed by atoms with E-state index in [0.717, 1.165) is 5.01 Å². The van der Waals surface area contributed by atoms with Gasteiger partial charge in [-0.1, -0.05) is 43.6 Å². The number of hydrogen-bond acceptors (Lipinski definition) is 4. The molecule has 1 atom stereocenters. The van der Waals surface area contributed by atoms with Crippen molar-refractivity contribution < 1.29 is 14.7 Å². The molecule has 0 saturated carbocycles. The Morgan fingerprint density at radius 2 is 2.04 bits per heavy atom. The number of halogens is 1. The van der Waals surface area contributed by atoms with Crippen LogP contribution in [0.25, 0.3) is 0 Å². The summed E-state index contributed by atoms with van der Waals surface area (Å²) < 4.78 is 0. The number of carboxylic acids is 1. The predicted octanol–water partition coefficient (Wildman–Crippen LogP) is 3.79. The molecular formula is C17H19ClN2O3S. The Morgan fingerprint density at radius 1 is 1.33 bits per heavy atom. The predicted molar refractivity (Wildman–Crippen MR) is 94.5 cm³/mol. The molecule has 7 heteroatoms. The summed E-state index contributed by atoms with van der Waals surface area (Å²) in [4.78, 5) is 27.8. The zero-order valence-corrected chi connectivity index (χ0v) is 15.0. The van der Waals surface area contributed by atoms with E-state index in [1.807, 2.05) is 19.2 Å². The van der Waals surface area contributed by atoms with E-state index in [0.29, 0.717) is 22.2 Å². The maximum atomic E-state index is 12.3. The van der Waals surface area contributed by atoms with Crippen LogP contribution in [0.5, 0.6) is 0 Å². The van der Waals surface area contributed by atoms with Gasteiger partial charge in [0.25, 0.3) is 0 Å². The third-order valence-corrected chi connectivity index (χ3v) is 4.94. The van der Waals surface area contributed by atoms with Crippen LogP contribution in [-0.2, 0) is 16.0 Å². The van der Waals surface area contributed by atoms with Crippen molar-refractivity contribution in [1.29, 1.82) is 0 Å². The van der Waals surface area contributed by atoms with Gasteiger partial charge in [0.2, 0.25) is 5.91 Å². The lowest BCUT2D eigenvalue weighted by Crippen LogP contribution is -2.31. The Bertz CT molecular complexity index is 730. The van der Waals surface area contributed by atoms with E-state index in [2.05, 4.69) is 10.3 Å². The first-order valence-electron chi connectivity index (χ1n) is 7.56. The van der Waals surface area contributed by atoms with E-state index in [1.54, 1.807) is 24.3 Å². The summed E-state index contributed by atoms with van der Waals surface area (Å²) in [7, 11) is 0. The maximum absolute atomic E-state index is 12.3. The first-order chi connectivity index (χ1) is 11.4. The van der Waals surface area contributed by atoms with Crippen molar-refractivity contribution in [2.45, 2.75) is 38.6 Å². The highest BCUT2D eigenvalue weighted by Gasteiger charge is 2.21. The largest absolute Gasteiger partial charge is 0.481 e. The summed E-state index contributed by atoms with van der Waals surface area (Å²) in [5.74, 6) is -0.965. The molecule has 0 aliphatic carbocycles. The van der Waals surface area contributed by atoms with Gasteiger partial charge in [-0.3, -0.25) is 9.59 Å². The molecule has 0 aliphatic heterocycles. The van der Waals surface area contributed by atoms with Crippen LogP contribution in [0.1, 0.15) is 48.5 Å². The second-order valence-electron chi connectivity index (χ2n) is 5.75. The van der Waals surface area contributed by atoms with Crippen LogP contribution in [0.4, 0.5) is 0 Å². The zero-order chi connectivity index (χ0) is 17.7. The third-order valence-electron chi connectivity index (χ3n) is 3.40. The van der Waals surface area contributed by atoms with Crippen LogP contribution in [0, 0.1) is 0 Å². The van der Waals surface area contributed by atoms with Crippen molar-refractivity contribution in [2.75, 3.05) is 0 Å². The average Bonchev–Trinajstić information content (AvgIpc) is 2.95. The molecule has 0 aliphatic rings. The van der Waals surface area contributed by atoms with E-state index in [9.17, 15) is 9.59 Å². The molecule has 0 spiro atoms. The molecule has 128 valence electrons. The van der Waals surface area contributed by atoms with Gasteiger partial charge in [0.1, 0.15) is 0 Å². The first kappa shape index (κ1) is 18.4. The lowest BCUT2D eigenvalue weighted by molar-refractivity contribution is -0.137. The van der Waals surface area contributed by atoms with Gasteiger partial charge in [-0.05, 0) is 11.6 Å². The molecule has 1 aromatic heterocycles. The molecule has 1 aromatic carbocycles. The minimum absolute atomic E-state index is 0.115. The lowest BCUT2D eigenvalue weighted by atomic mass is 10.0. The number of carbonyl (C=O) groups is 2. The molecule has 2 N–H and O–H groups in total. The second-order valence-corrected chi connectivity index (χ2v) is 7.04. The smallest absolute Gasteiger partial charge is 0.305 e. The van der Waals surface area contributed by atoms with Crippen molar-refractivity contribution in [3.63, 3.8) is 0 Å². The van der Waals surface area contributed by atoms with Gasteiger partial charge >= 0.3 is 5.97 Å². The van der Waals surface area contributed by atoms with Gasteiger partial charge in [-0.15, -0.1) is 11.3 Å². The highest BCUT2D eigenvalue weighted by Crippen LogP contribution is 2.25. The molecule has 0 fully saturated rings. The summed E-state index contributed by atoms with van der Waals surface area (Å²) in [5, 5.41) is 15.1. The Hall–Kier alpha value is -1.92. The number of aromatic nitrogens is 1. The van der Waals surface area contributed by atoms with Crippen molar-refractivity contribution in [3.8, 4) is 0 Å². The molecule has 1 amide bonds. The van der Waals surface area contributed by atoms with Crippen LogP contribution in [0.15, 0.2) is 29.6 Å². The van der Waals surface area contributed by atoms with Gasteiger partial charge in [-0.2, -0.15) is 0 Å². The lowest BCUT2D eigenvalue weighted by Gasteiger charge is -2.18. The highest BCUT2D eigenvalue weighted by atomic mass is 35.5. The minimum Gasteiger partial charge on any atom is -0.481 e. The molecule has 1 heterocycles. The van der Waals surface area contributed by atoms with Crippen molar-refractivity contribution in [3.05, 3.63) is 50.9 Å². The molecule has 1 unspecified atom stereocenters. The third kappa shape index (κ3) is 5.04. The Kier molecular flexibility index (Phi) is 6.34. The zero-order valence-electron chi connectivity index (χ0n) is 13.5. The SMILES string of the molecule is CC(C)c1nc(CC(=O)NC(CC(=O)O)c2ccccc2Cl)cs1. The monoisotopic (exact) mass is 366 g/mol. The number of nitrogens with one attached hydrogen (secondary N) is 1. The summed E-state index contributed by atoms with van der Waals surface area (Å²) in [6.07, 6.45) is -0.117. The molecule has 24 heavy (non-hydrogen) atoms. The van der Waals surface area contributed by atoms with E-state index in [4.69, 9.17) is 16.7 Å². The van der Waals surface area contributed by atoms with E-state index in [1.165, 1.54) is 11.3 Å². The number of thiazole rings is 1. The number of rotatable bonds is 7. The van der Waals surface area contributed by atoms with E-state index >= 15 is 0 Å². The number of amides is 1. The van der Waals surface area contributed by atoms with Crippen molar-refractivity contribution in [1.82, 2.24) is 10.3 Å². The van der Waals surface area contributed by atoms with Crippen LogP contribution >= 0.6 is 22.9 Å². The number of aliphatic carboxylic acids is 1. The fourth-order valence-electron chi connectivity index (χ4n) is 2.25. The van der Waals surface area contributed by atoms with Crippen LogP contribution in [0.2, 0.25) is 5.02 Å². The Morgan fingerprint density at radius 3 is 2.62 bits per heavy atom. The Labute approximate surface area is 149 Å². The van der Waals surface area contributed by atoms with Gasteiger partial charge in [0, 0.05) is 16.3 Å². The minimum atomic E-state index is -1.00. The summed E-state index contributed by atoms with van der Waals surface area (Å²) >= 11 is 7.65.